The highest BCUT2D eigenvalue weighted by molar-refractivity contribution is 9.10. The van der Waals surface area contributed by atoms with Crippen molar-refractivity contribution in [2.45, 2.75) is 52.4 Å². The molecule has 0 bridgehead atoms. The first-order valence-corrected chi connectivity index (χ1v) is 14.7. The second-order valence-electron chi connectivity index (χ2n) is 10.9. The van der Waals surface area contributed by atoms with Crippen LogP contribution in [0.4, 0.5) is 5.69 Å². The van der Waals surface area contributed by atoms with Crippen LogP contribution in [0.5, 0.6) is 0 Å². The molecule has 10 heteroatoms. The minimum atomic E-state index is -1.13. The third-order valence-corrected chi connectivity index (χ3v) is 7.26. The number of carbonyl (C=O) groups excluding carboxylic acids is 3. The summed E-state index contributed by atoms with van der Waals surface area (Å²) in [6, 6.07) is 19.7. The lowest BCUT2D eigenvalue weighted by Crippen LogP contribution is -2.47. The second-order valence-corrected chi connectivity index (χ2v) is 12.3. The minimum absolute atomic E-state index is 0.0996. The van der Waals surface area contributed by atoms with Gasteiger partial charge in [0, 0.05) is 50.3 Å². The molecule has 220 valence electrons. The SMILES string of the molecule is CCOC(=O)c1[nH]c2cc(Cl)ccc2c1C(C(=O)NC(C)(C)C)N(C=O)Cc1ccc(NCc2ccc(Br)cc2)cc1. The van der Waals surface area contributed by atoms with Crippen LogP contribution in [0.15, 0.2) is 71.2 Å². The Bertz CT molecular complexity index is 1560. The third-order valence-electron chi connectivity index (χ3n) is 6.50. The monoisotopic (exact) mass is 652 g/mol. The zero-order valence-corrected chi connectivity index (χ0v) is 26.3. The zero-order valence-electron chi connectivity index (χ0n) is 24.0. The molecule has 2 amide bonds. The largest absolute Gasteiger partial charge is 0.461 e. The summed E-state index contributed by atoms with van der Waals surface area (Å²) < 4.78 is 6.34. The molecule has 1 aromatic heterocycles. The Hall–Kier alpha value is -3.82. The number of hydrogen-bond donors (Lipinski definition) is 3. The number of nitrogens with zero attached hydrogens (tertiary/aromatic N) is 1. The molecule has 0 spiro atoms. The molecule has 8 nitrogen and oxygen atoms in total. The van der Waals surface area contributed by atoms with Gasteiger partial charge in [-0.1, -0.05) is 57.9 Å². The van der Waals surface area contributed by atoms with Crippen LogP contribution < -0.4 is 10.6 Å². The summed E-state index contributed by atoms with van der Waals surface area (Å²) >= 11 is 9.68. The Balaban J connectivity index is 1.68. The quantitative estimate of drug-likeness (QED) is 0.120. The van der Waals surface area contributed by atoms with Crippen LogP contribution in [0.2, 0.25) is 5.02 Å². The fraction of sp³-hybridized carbons (Fsp3) is 0.281. The lowest BCUT2D eigenvalue weighted by Gasteiger charge is -2.31. The molecule has 1 unspecified atom stereocenters. The average molecular weight is 654 g/mol. The van der Waals surface area contributed by atoms with Gasteiger partial charge < -0.3 is 25.3 Å². The predicted molar refractivity (Wildman–Crippen MR) is 169 cm³/mol. The fourth-order valence-electron chi connectivity index (χ4n) is 4.66. The Morgan fingerprint density at radius 1 is 1.05 bits per heavy atom. The van der Waals surface area contributed by atoms with Gasteiger partial charge in [0.1, 0.15) is 11.7 Å². The van der Waals surface area contributed by atoms with Crippen molar-refractivity contribution in [3.8, 4) is 0 Å². The van der Waals surface area contributed by atoms with Crippen molar-refractivity contribution >= 4 is 62.4 Å². The standard InChI is InChI=1S/C32H34BrClN4O4/c1-5-42-31(41)28-27(25-15-12-23(34)16-26(25)36-28)29(30(40)37-32(2,3)4)38(19-39)18-21-8-13-24(14-9-21)35-17-20-6-10-22(33)11-7-20/h6-16,19,29,35-36H,5,17-18H2,1-4H3,(H,37,40). The molecule has 0 saturated heterocycles. The summed E-state index contributed by atoms with van der Waals surface area (Å²) in [4.78, 5) is 44.1. The Morgan fingerprint density at radius 3 is 2.33 bits per heavy atom. The van der Waals surface area contributed by atoms with Crippen LogP contribution in [0.3, 0.4) is 0 Å². The number of amides is 2. The van der Waals surface area contributed by atoms with Crippen LogP contribution in [0, 0.1) is 0 Å². The lowest BCUT2D eigenvalue weighted by atomic mass is 9.98. The number of H-pyrrole nitrogens is 1. The predicted octanol–water partition coefficient (Wildman–Crippen LogP) is 6.99. The van der Waals surface area contributed by atoms with Crippen LogP contribution in [-0.2, 0) is 27.4 Å². The van der Waals surface area contributed by atoms with Gasteiger partial charge in [0.2, 0.25) is 12.3 Å². The van der Waals surface area contributed by atoms with E-state index in [9.17, 15) is 14.4 Å². The molecular formula is C32H34BrClN4O4. The maximum Gasteiger partial charge on any atom is 0.355 e. The maximum absolute atomic E-state index is 13.9. The zero-order chi connectivity index (χ0) is 30.4. The van der Waals surface area contributed by atoms with Crippen LogP contribution in [-0.4, -0.2) is 40.3 Å². The van der Waals surface area contributed by atoms with E-state index in [0.717, 1.165) is 21.3 Å². The number of fused-ring (bicyclic) bond motifs is 1. The number of hydrogen-bond acceptors (Lipinski definition) is 5. The molecule has 1 heterocycles. The van der Waals surface area contributed by atoms with E-state index in [0.29, 0.717) is 34.4 Å². The second kappa shape index (κ2) is 13.4. The van der Waals surface area contributed by atoms with Crippen molar-refractivity contribution in [2.24, 2.45) is 0 Å². The number of halogens is 2. The number of esters is 1. The first kappa shape index (κ1) is 31.1. The Kier molecular flexibility index (Phi) is 9.96. The average Bonchev–Trinajstić information content (AvgIpc) is 3.30. The van der Waals surface area contributed by atoms with E-state index in [1.165, 1.54) is 4.90 Å². The van der Waals surface area contributed by atoms with E-state index in [4.69, 9.17) is 16.3 Å². The molecule has 0 aliphatic heterocycles. The number of anilines is 1. The van der Waals surface area contributed by atoms with Gasteiger partial charge in [0.15, 0.2) is 0 Å². The van der Waals surface area contributed by atoms with Crippen molar-refractivity contribution in [3.05, 3.63) is 98.6 Å². The molecule has 0 radical (unpaired) electrons. The van der Waals surface area contributed by atoms with E-state index in [1.807, 2.05) is 69.3 Å². The molecule has 3 aromatic carbocycles. The molecule has 1 atom stereocenters. The molecule has 0 saturated carbocycles. The number of nitrogens with one attached hydrogen (secondary N) is 3. The summed E-state index contributed by atoms with van der Waals surface area (Å²) in [6.45, 7) is 8.20. The van der Waals surface area contributed by atoms with E-state index < -0.39 is 23.5 Å². The number of aromatic amines is 1. The van der Waals surface area contributed by atoms with Gasteiger partial charge in [-0.2, -0.15) is 0 Å². The molecule has 0 fully saturated rings. The van der Waals surface area contributed by atoms with Crippen molar-refractivity contribution < 1.29 is 19.1 Å². The molecule has 42 heavy (non-hydrogen) atoms. The van der Waals surface area contributed by atoms with Crippen molar-refractivity contribution in [2.75, 3.05) is 11.9 Å². The van der Waals surface area contributed by atoms with Crippen LogP contribution in [0.1, 0.15) is 60.9 Å². The summed E-state index contributed by atoms with van der Waals surface area (Å²) in [5.41, 5.74) is 3.28. The minimum Gasteiger partial charge on any atom is -0.461 e. The highest BCUT2D eigenvalue weighted by Gasteiger charge is 2.36. The first-order valence-electron chi connectivity index (χ1n) is 13.6. The van der Waals surface area contributed by atoms with Crippen molar-refractivity contribution in [3.63, 3.8) is 0 Å². The molecule has 0 aliphatic rings. The number of rotatable bonds is 11. The highest BCUT2D eigenvalue weighted by atomic mass is 79.9. The summed E-state index contributed by atoms with van der Waals surface area (Å²) in [5.74, 6) is -1.05. The number of aromatic nitrogens is 1. The maximum atomic E-state index is 13.9. The molecular weight excluding hydrogens is 620 g/mol. The molecule has 4 rings (SSSR count). The van der Waals surface area contributed by atoms with E-state index in [-0.39, 0.29) is 18.8 Å². The highest BCUT2D eigenvalue weighted by Crippen LogP contribution is 2.35. The number of carbonyl (C=O) groups is 3. The van der Waals surface area contributed by atoms with Gasteiger partial charge in [0.05, 0.1) is 6.61 Å². The third kappa shape index (κ3) is 7.72. The van der Waals surface area contributed by atoms with Gasteiger partial charge in [-0.05, 0) is 75.2 Å². The Morgan fingerprint density at radius 2 is 1.71 bits per heavy atom. The van der Waals surface area contributed by atoms with Crippen molar-refractivity contribution in [1.29, 1.82) is 0 Å². The van der Waals surface area contributed by atoms with Gasteiger partial charge >= 0.3 is 5.97 Å². The first-order chi connectivity index (χ1) is 20.0. The fourth-order valence-corrected chi connectivity index (χ4v) is 5.10. The van der Waals surface area contributed by atoms with Crippen LogP contribution in [0.25, 0.3) is 10.9 Å². The van der Waals surface area contributed by atoms with Gasteiger partial charge in [-0.25, -0.2) is 4.79 Å². The molecule has 0 aliphatic carbocycles. The number of benzene rings is 3. The van der Waals surface area contributed by atoms with Crippen molar-refractivity contribution in [1.82, 2.24) is 15.2 Å². The van der Waals surface area contributed by atoms with Crippen LogP contribution >= 0.6 is 27.5 Å². The van der Waals surface area contributed by atoms with E-state index in [1.54, 1.807) is 25.1 Å². The summed E-state index contributed by atoms with van der Waals surface area (Å²) in [7, 11) is 0. The molecule has 4 aromatic rings. The topological polar surface area (TPSA) is 104 Å². The lowest BCUT2D eigenvalue weighted by molar-refractivity contribution is -0.134. The summed E-state index contributed by atoms with van der Waals surface area (Å²) in [6.07, 6.45) is 0.635. The van der Waals surface area contributed by atoms with Gasteiger partial charge in [-0.3, -0.25) is 9.59 Å². The summed E-state index contributed by atoms with van der Waals surface area (Å²) in [5, 5.41) is 7.43. The van der Waals surface area contributed by atoms with Gasteiger partial charge in [0.25, 0.3) is 0 Å². The molecule has 3 N–H and O–H groups in total. The number of ether oxygens (including phenoxy) is 1. The Labute approximate surface area is 258 Å². The normalized spacial score (nSPS) is 12.0. The van der Waals surface area contributed by atoms with Gasteiger partial charge in [-0.15, -0.1) is 0 Å². The van der Waals surface area contributed by atoms with E-state index >= 15 is 0 Å². The van der Waals surface area contributed by atoms with E-state index in [2.05, 4.69) is 31.5 Å². The smallest absolute Gasteiger partial charge is 0.355 e.